The van der Waals surface area contributed by atoms with Gasteiger partial charge in [0.1, 0.15) is 5.82 Å². The Morgan fingerprint density at radius 2 is 2.00 bits per heavy atom. The van der Waals surface area contributed by atoms with Crippen molar-refractivity contribution in [1.82, 2.24) is 25.7 Å². The molecule has 0 spiro atoms. The van der Waals surface area contributed by atoms with Gasteiger partial charge >= 0.3 is 0 Å². The summed E-state index contributed by atoms with van der Waals surface area (Å²) in [6.07, 6.45) is 1.43. The van der Waals surface area contributed by atoms with Crippen molar-refractivity contribution in [3.8, 4) is 22.6 Å². The van der Waals surface area contributed by atoms with Crippen LogP contribution < -0.4 is 5.32 Å². The van der Waals surface area contributed by atoms with Crippen molar-refractivity contribution in [2.75, 3.05) is 0 Å². The van der Waals surface area contributed by atoms with Crippen LogP contribution in [0, 0.1) is 12.7 Å². The zero-order valence-corrected chi connectivity index (χ0v) is 14.9. The van der Waals surface area contributed by atoms with E-state index in [0.29, 0.717) is 35.1 Å². The minimum absolute atomic E-state index is 0.300. The Balaban J connectivity index is 1.45. The second kappa shape index (κ2) is 7.43. The highest BCUT2D eigenvalue weighted by molar-refractivity contribution is 5.99. The average Bonchev–Trinajstić information content (AvgIpc) is 3.36. The van der Waals surface area contributed by atoms with E-state index in [-0.39, 0.29) is 11.7 Å². The first-order chi connectivity index (χ1) is 13.6. The largest absolute Gasteiger partial charge is 0.348 e. The molecule has 28 heavy (non-hydrogen) atoms. The molecule has 8 heteroatoms. The maximum Gasteiger partial charge on any atom is 0.255 e. The third-order valence-corrected chi connectivity index (χ3v) is 4.19. The standard InChI is InChI=1S/C20H16FN5O2/c1-12-24-19(26-28-12)14-7-5-13(6-8-14)10-22-20(27)17-11-23-25-18(17)15-3-2-4-16(21)9-15/h2-9,11H,10H2,1H3,(H,22,27)(H,23,25). The van der Waals surface area contributed by atoms with E-state index >= 15 is 0 Å². The van der Waals surface area contributed by atoms with Crippen molar-refractivity contribution in [2.45, 2.75) is 13.5 Å². The Bertz CT molecular complexity index is 1120. The molecule has 0 fully saturated rings. The summed E-state index contributed by atoms with van der Waals surface area (Å²) in [5.74, 6) is 0.341. The lowest BCUT2D eigenvalue weighted by atomic mass is 10.1. The first-order valence-electron chi connectivity index (χ1n) is 8.57. The molecule has 2 N–H and O–H groups in total. The second-order valence-corrected chi connectivity index (χ2v) is 6.19. The molecule has 4 aromatic rings. The molecule has 0 aliphatic heterocycles. The number of amides is 1. The molecule has 1 amide bonds. The summed E-state index contributed by atoms with van der Waals surface area (Å²) in [7, 11) is 0. The van der Waals surface area contributed by atoms with Crippen molar-refractivity contribution >= 4 is 5.91 Å². The summed E-state index contributed by atoms with van der Waals surface area (Å²) in [6, 6.07) is 13.5. The van der Waals surface area contributed by atoms with Crippen LogP contribution in [0.5, 0.6) is 0 Å². The third kappa shape index (κ3) is 3.66. The van der Waals surface area contributed by atoms with E-state index in [9.17, 15) is 9.18 Å². The van der Waals surface area contributed by atoms with Crippen LogP contribution in [-0.2, 0) is 6.54 Å². The van der Waals surface area contributed by atoms with E-state index in [4.69, 9.17) is 4.52 Å². The number of nitrogens with one attached hydrogen (secondary N) is 2. The van der Waals surface area contributed by atoms with Crippen molar-refractivity contribution < 1.29 is 13.7 Å². The molecule has 2 aromatic heterocycles. The summed E-state index contributed by atoms with van der Waals surface area (Å²) < 4.78 is 18.4. The van der Waals surface area contributed by atoms with Crippen LogP contribution in [0.1, 0.15) is 21.8 Å². The van der Waals surface area contributed by atoms with Crippen LogP contribution in [0.2, 0.25) is 0 Å². The number of rotatable bonds is 5. The number of nitrogens with zero attached hydrogens (tertiary/aromatic N) is 3. The van der Waals surface area contributed by atoms with E-state index in [1.807, 2.05) is 24.3 Å². The van der Waals surface area contributed by atoms with Crippen LogP contribution in [0.4, 0.5) is 4.39 Å². The highest BCUT2D eigenvalue weighted by Crippen LogP contribution is 2.22. The zero-order valence-electron chi connectivity index (χ0n) is 14.9. The van der Waals surface area contributed by atoms with E-state index in [2.05, 4.69) is 25.7 Å². The minimum atomic E-state index is -0.379. The van der Waals surface area contributed by atoms with Gasteiger partial charge in [-0.2, -0.15) is 10.1 Å². The van der Waals surface area contributed by atoms with Gasteiger partial charge in [0.15, 0.2) is 0 Å². The number of carbonyl (C=O) groups excluding carboxylic acids is 1. The summed E-state index contributed by atoms with van der Waals surface area (Å²) in [5.41, 5.74) is 3.12. The van der Waals surface area contributed by atoms with Gasteiger partial charge in [0.25, 0.3) is 5.91 Å². The molecule has 0 saturated heterocycles. The van der Waals surface area contributed by atoms with Gasteiger partial charge in [-0.25, -0.2) is 4.39 Å². The smallest absolute Gasteiger partial charge is 0.255 e. The summed E-state index contributed by atoms with van der Waals surface area (Å²) in [6.45, 7) is 2.06. The average molecular weight is 377 g/mol. The van der Waals surface area contributed by atoms with Crippen molar-refractivity contribution in [3.63, 3.8) is 0 Å². The molecule has 2 heterocycles. The molecule has 0 aliphatic rings. The number of aryl methyl sites for hydroxylation is 1. The van der Waals surface area contributed by atoms with Gasteiger partial charge in [-0.1, -0.05) is 41.6 Å². The van der Waals surface area contributed by atoms with Crippen LogP contribution in [0.15, 0.2) is 59.3 Å². The Morgan fingerprint density at radius 1 is 1.18 bits per heavy atom. The maximum atomic E-state index is 13.5. The lowest BCUT2D eigenvalue weighted by Gasteiger charge is -2.07. The topological polar surface area (TPSA) is 96.7 Å². The monoisotopic (exact) mass is 377 g/mol. The molecule has 0 radical (unpaired) electrons. The number of benzene rings is 2. The first kappa shape index (κ1) is 17.6. The fourth-order valence-corrected chi connectivity index (χ4v) is 2.79. The van der Waals surface area contributed by atoms with Crippen LogP contribution >= 0.6 is 0 Å². The van der Waals surface area contributed by atoms with Crippen molar-refractivity contribution in [2.24, 2.45) is 0 Å². The zero-order chi connectivity index (χ0) is 19.5. The van der Waals surface area contributed by atoms with Crippen molar-refractivity contribution in [3.05, 3.63) is 77.6 Å². The quantitative estimate of drug-likeness (QED) is 0.555. The van der Waals surface area contributed by atoms with Crippen molar-refractivity contribution in [1.29, 1.82) is 0 Å². The Morgan fingerprint density at radius 3 is 2.71 bits per heavy atom. The predicted octanol–water partition coefficient (Wildman–Crippen LogP) is 3.50. The molecule has 4 rings (SSSR count). The molecule has 0 aliphatic carbocycles. The third-order valence-electron chi connectivity index (χ3n) is 4.19. The van der Waals surface area contributed by atoms with Gasteiger partial charge in [-0.15, -0.1) is 0 Å². The van der Waals surface area contributed by atoms with Crippen LogP contribution in [-0.4, -0.2) is 26.2 Å². The van der Waals surface area contributed by atoms with Gasteiger partial charge in [-0.3, -0.25) is 9.89 Å². The lowest BCUT2D eigenvalue weighted by Crippen LogP contribution is -2.23. The molecule has 0 bridgehead atoms. The number of H-pyrrole nitrogens is 1. The normalized spacial score (nSPS) is 10.8. The second-order valence-electron chi connectivity index (χ2n) is 6.19. The molecular formula is C20H16FN5O2. The van der Waals surface area contributed by atoms with Crippen LogP contribution in [0.3, 0.4) is 0 Å². The SMILES string of the molecule is Cc1nc(-c2ccc(CNC(=O)c3cn[nH]c3-c3cccc(F)c3)cc2)no1. The molecule has 0 saturated carbocycles. The summed E-state index contributed by atoms with van der Waals surface area (Å²) in [4.78, 5) is 16.7. The maximum absolute atomic E-state index is 13.5. The van der Waals surface area contributed by atoms with Gasteiger partial charge in [0, 0.05) is 24.6 Å². The molecular weight excluding hydrogens is 361 g/mol. The predicted molar refractivity (Wildman–Crippen MR) is 99.6 cm³/mol. The minimum Gasteiger partial charge on any atom is -0.348 e. The van der Waals surface area contributed by atoms with Gasteiger partial charge in [-0.05, 0) is 17.7 Å². The van der Waals surface area contributed by atoms with E-state index in [0.717, 1.165) is 11.1 Å². The highest BCUT2D eigenvalue weighted by atomic mass is 19.1. The number of halogens is 1. The summed E-state index contributed by atoms with van der Waals surface area (Å²) in [5, 5.41) is 13.4. The number of hydrogen-bond acceptors (Lipinski definition) is 5. The Labute approximate surface area is 159 Å². The molecule has 0 atom stereocenters. The number of aromatic amines is 1. The number of aromatic nitrogens is 4. The fourth-order valence-electron chi connectivity index (χ4n) is 2.79. The molecule has 2 aromatic carbocycles. The molecule has 0 unspecified atom stereocenters. The van der Waals surface area contributed by atoms with Gasteiger partial charge in [0.05, 0.1) is 17.5 Å². The van der Waals surface area contributed by atoms with E-state index < -0.39 is 0 Å². The summed E-state index contributed by atoms with van der Waals surface area (Å²) >= 11 is 0. The Hall–Kier alpha value is -3.81. The van der Waals surface area contributed by atoms with Crippen LogP contribution in [0.25, 0.3) is 22.6 Å². The highest BCUT2D eigenvalue weighted by Gasteiger charge is 2.15. The molecule has 7 nitrogen and oxygen atoms in total. The molecule has 140 valence electrons. The fraction of sp³-hybridized carbons (Fsp3) is 0.100. The van der Waals surface area contributed by atoms with Gasteiger partial charge < -0.3 is 9.84 Å². The lowest BCUT2D eigenvalue weighted by molar-refractivity contribution is 0.0951. The number of carbonyl (C=O) groups is 1. The van der Waals surface area contributed by atoms with E-state index in [1.54, 1.807) is 19.1 Å². The number of hydrogen-bond donors (Lipinski definition) is 2. The Kier molecular flexibility index (Phi) is 4.67. The van der Waals surface area contributed by atoms with E-state index in [1.165, 1.54) is 18.3 Å². The van der Waals surface area contributed by atoms with Gasteiger partial charge in [0.2, 0.25) is 11.7 Å². The first-order valence-corrected chi connectivity index (χ1v) is 8.57.